The number of rotatable bonds is 5. The van der Waals surface area contributed by atoms with Crippen molar-refractivity contribution in [3.8, 4) is 17.2 Å². The van der Waals surface area contributed by atoms with E-state index < -0.39 is 47.2 Å². The topological polar surface area (TPSA) is 183 Å². The SMILES string of the molecule is COc1cc(N=Nc2c(S(=O)(=O)O)cc3cc(S(=O)(=O)O)ccc3c2O)c(O)cc1Cl.[Cr].[Na+]. The van der Waals surface area contributed by atoms with Gasteiger partial charge < -0.3 is 14.9 Å². The standard InChI is InChI=1S/C17H13ClN2O9S2.Cr.Na/c1-29-14-7-12(13(21)6-11(14)18)19-20-16-15(31(26,27)28)5-8-4-9(30(23,24)25)2-3-10(8)17(16)22;;/h2-7,21-22H,1H3,(H,23,24,25)(H,26,27,28);;/q;;+1. The molecule has 0 aliphatic heterocycles. The van der Waals surface area contributed by atoms with E-state index in [0.29, 0.717) is 0 Å². The summed E-state index contributed by atoms with van der Waals surface area (Å²) >= 11 is 5.87. The minimum Gasteiger partial charge on any atom is -0.506 e. The van der Waals surface area contributed by atoms with E-state index in [0.717, 1.165) is 30.3 Å². The van der Waals surface area contributed by atoms with Crippen LogP contribution in [0.15, 0.2) is 56.4 Å². The number of methoxy groups -OCH3 is 1. The van der Waals surface area contributed by atoms with Crippen LogP contribution < -0.4 is 34.3 Å². The fraction of sp³-hybridized carbons (Fsp3) is 0.0588. The van der Waals surface area contributed by atoms with Crippen LogP contribution in [0.2, 0.25) is 5.02 Å². The molecule has 0 aliphatic carbocycles. The molecule has 3 aromatic carbocycles. The molecule has 11 nitrogen and oxygen atoms in total. The summed E-state index contributed by atoms with van der Waals surface area (Å²) in [5, 5.41) is 27.7. The molecule has 3 rings (SSSR count). The largest absolute Gasteiger partial charge is 1.00 e. The summed E-state index contributed by atoms with van der Waals surface area (Å²) in [4.78, 5) is -1.46. The van der Waals surface area contributed by atoms with Gasteiger partial charge in [0.2, 0.25) is 0 Å². The average molecular weight is 564 g/mol. The number of phenols is 2. The molecule has 0 unspecified atom stereocenters. The summed E-state index contributed by atoms with van der Waals surface area (Å²) in [7, 11) is -8.27. The quantitative estimate of drug-likeness (QED) is 0.198. The summed E-state index contributed by atoms with van der Waals surface area (Å²) in [6.45, 7) is 0. The van der Waals surface area contributed by atoms with Gasteiger partial charge in [-0.3, -0.25) is 9.11 Å². The molecule has 0 aliphatic rings. The zero-order valence-electron chi connectivity index (χ0n) is 16.8. The van der Waals surface area contributed by atoms with E-state index in [-0.39, 0.29) is 74.2 Å². The number of phenolic OH excluding ortho intramolecular Hbond substituents is 2. The summed E-state index contributed by atoms with van der Waals surface area (Å²) < 4.78 is 70.1. The summed E-state index contributed by atoms with van der Waals surface area (Å²) in [6.07, 6.45) is 0. The van der Waals surface area contributed by atoms with Crippen LogP contribution in [0.5, 0.6) is 17.2 Å². The number of halogens is 1. The van der Waals surface area contributed by atoms with E-state index in [4.69, 9.17) is 20.9 Å². The second-order valence-electron chi connectivity index (χ2n) is 6.08. The summed E-state index contributed by atoms with van der Waals surface area (Å²) in [6, 6.07) is 6.12. The molecule has 0 atom stereocenters. The monoisotopic (exact) mass is 563 g/mol. The molecule has 0 saturated heterocycles. The third kappa shape index (κ3) is 6.37. The van der Waals surface area contributed by atoms with Gasteiger partial charge >= 0.3 is 29.6 Å². The van der Waals surface area contributed by atoms with Crippen molar-refractivity contribution in [3.05, 3.63) is 41.4 Å². The molecule has 0 radical (unpaired) electrons. The molecule has 0 amide bonds. The molecular formula is C17H13ClCrN2NaO9S2+. The number of nitrogens with zero attached hydrogens (tertiary/aromatic N) is 2. The van der Waals surface area contributed by atoms with E-state index in [2.05, 4.69) is 10.2 Å². The molecule has 0 spiro atoms. The van der Waals surface area contributed by atoms with Crippen molar-refractivity contribution in [1.29, 1.82) is 0 Å². The second kappa shape index (κ2) is 10.9. The Bertz CT molecular complexity index is 1470. The van der Waals surface area contributed by atoms with E-state index in [9.17, 15) is 31.6 Å². The Morgan fingerprint density at radius 3 is 2.12 bits per heavy atom. The van der Waals surface area contributed by atoms with Gasteiger partial charge in [-0.15, -0.1) is 10.2 Å². The van der Waals surface area contributed by atoms with Gasteiger partial charge in [0.15, 0.2) is 5.75 Å². The maximum atomic E-state index is 11.8. The van der Waals surface area contributed by atoms with Crippen LogP contribution in [0.1, 0.15) is 0 Å². The predicted molar refractivity (Wildman–Crippen MR) is 109 cm³/mol. The minimum absolute atomic E-state index is 0. The molecule has 33 heavy (non-hydrogen) atoms. The van der Waals surface area contributed by atoms with Crippen LogP contribution in [-0.4, -0.2) is 43.3 Å². The summed E-state index contributed by atoms with van der Waals surface area (Å²) in [5.74, 6) is -1.05. The third-order valence-electron chi connectivity index (χ3n) is 4.10. The van der Waals surface area contributed by atoms with Crippen LogP contribution in [0.25, 0.3) is 10.8 Å². The Morgan fingerprint density at radius 1 is 0.939 bits per heavy atom. The Hall–Kier alpha value is -1.44. The maximum absolute atomic E-state index is 11.8. The first-order chi connectivity index (χ1) is 14.3. The van der Waals surface area contributed by atoms with Gasteiger partial charge in [0, 0.05) is 34.9 Å². The van der Waals surface area contributed by atoms with Crippen molar-refractivity contribution in [2.75, 3.05) is 7.11 Å². The van der Waals surface area contributed by atoms with Gasteiger partial charge in [0.05, 0.1) is 17.0 Å². The molecule has 3 aromatic rings. The van der Waals surface area contributed by atoms with Gasteiger partial charge in [-0.05, 0) is 29.7 Å². The summed E-state index contributed by atoms with van der Waals surface area (Å²) in [5.41, 5.74) is -0.869. The molecule has 170 valence electrons. The molecule has 4 N–H and O–H groups in total. The Kier molecular flexibility index (Phi) is 9.75. The van der Waals surface area contributed by atoms with Crippen LogP contribution >= 0.6 is 11.6 Å². The fourth-order valence-electron chi connectivity index (χ4n) is 2.66. The fourth-order valence-corrected chi connectivity index (χ4v) is 4.06. The van der Waals surface area contributed by atoms with Gasteiger partial charge in [0.25, 0.3) is 20.2 Å². The molecule has 0 bridgehead atoms. The maximum Gasteiger partial charge on any atom is 1.00 e. The smallest absolute Gasteiger partial charge is 0.506 e. The zero-order chi connectivity index (χ0) is 23.1. The normalized spacial score (nSPS) is 11.8. The van der Waals surface area contributed by atoms with E-state index in [1.54, 1.807) is 0 Å². The minimum atomic E-state index is -4.96. The van der Waals surface area contributed by atoms with Crippen molar-refractivity contribution < 1.29 is 87.8 Å². The zero-order valence-corrected chi connectivity index (χ0v) is 22.5. The molecule has 0 fully saturated rings. The first-order valence-corrected chi connectivity index (χ1v) is 11.3. The van der Waals surface area contributed by atoms with E-state index in [1.165, 1.54) is 13.2 Å². The number of fused-ring (bicyclic) bond motifs is 1. The van der Waals surface area contributed by atoms with Gasteiger partial charge in [0.1, 0.15) is 27.8 Å². The Balaban J connectivity index is 0.00000272. The second-order valence-corrected chi connectivity index (χ2v) is 9.30. The first-order valence-electron chi connectivity index (χ1n) is 8.06. The Morgan fingerprint density at radius 2 is 1.58 bits per heavy atom. The van der Waals surface area contributed by atoms with Crippen molar-refractivity contribution in [3.63, 3.8) is 0 Å². The third-order valence-corrected chi connectivity index (χ3v) is 6.12. The van der Waals surface area contributed by atoms with E-state index in [1.807, 2.05) is 0 Å². The van der Waals surface area contributed by atoms with Crippen molar-refractivity contribution in [2.24, 2.45) is 10.2 Å². The molecule has 0 aromatic heterocycles. The van der Waals surface area contributed by atoms with Crippen LogP contribution in [0.4, 0.5) is 11.4 Å². The number of azo groups is 1. The molecule has 0 heterocycles. The molecule has 0 saturated carbocycles. The van der Waals surface area contributed by atoms with Crippen LogP contribution in [0, 0.1) is 0 Å². The van der Waals surface area contributed by atoms with Gasteiger partial charge in [-0.1, -0.05) is 11.6 Å². The van der Waals surface area contributed by atoms with Gasteiger partial charge in [-0.2, -0.15) is 16.8 Å². The number of aromatic hydroxyl groups is 2. The number of ether oxygens (including phenoxy) is 1. The van der Waals surface area contributed by atoms with Gasteiger partial charge in [-0.25, -0.2) is 0 Å². The van der Waals surface area contributed by atoms with Crippen LogP contribution in [0.3, 0.4) is 0 Å². The number of hydrogen-bond donors (Lipinski definition) is 4. The predicted octanol–water partition coefficient (Wildman–Crippen LogP) is 0.823. The average Bonchev–Trinajstić information content (AvgIpc) is 2.66. The molecule has 16 heteroatoms. The van der Waals surface area contributed by atoms with Crippen molar-refractivity contribution in [2.45, 2.75) is 9.79 Å². The van der Waals surface area contributed by atoms with Crippen molar-refractivity contribution >= 4 is 54.0 Å². The Labute approximate surface area is 226 Å². The van der Waals surface area contributed by atoms with Crippen molar-refractivity contribution in [1.82, 2.24) is 0 Å². The van der Waals surface area contributed by atoms with Crippen LogP contribution in [-0.2, 0) is 37.6 Å². The first kappa shape index (κ1) is 29.6. The number of benzene rings is 3. The molecular weight excluding hydrogens is 551 g/mol. The van der Waals surface area contributed by atoms with E-state index >= 15 is 0 Å². The number of hydrogen-bond acceptors (Lipinski definition) is 9.